The van der Waals surface area contributed by atoms with Crippen molar-refractivity contribution in [1.29, 1.82) is 0 Å². The molecule has 16 heavy (non-hydrogen) atoms. The predicted molar refractivity (Wildman–Crippen MR) is 61.1 cm³/mol. The van der Waals surface area contributed by atoms with E-state index in [0.29, 0.717) is 0 Å². The molecule has 0 saturated heterocycles. The maximum absolute atomic E-state index is 4.36. The van der Waals surface area contributed by atoms with Crippen molar-refractivity contribution in [2.45, 2.75) is 0 Å². The molecule has 1 aliphatic rings. The normalized spacial score (nSPS) is 14.4. The molecule has 0 radical (unpaired) electrons. The molecule has 3 heterocycles. The van der Waals surface area contributed by atoms with E-state index in [1.54, 1.807) is 10.9 Å². The lowest BCUT2D eigenvalue weighted by Gasteiger charge is -2.17. The SMILES string of the molecule is CN1NN(c2ccn(C)n2)c2ccncc21. The number of fused-ring (bicyclic) bond motifs is 1. The van der Waals surface area contributed by atoms with E-state index in [4.69, 9.17) is 0 Å². The minimum Gasteiger partial charge on any atom is -0.290 e. The molecule has 2 aromatic heterocycles. The fraction of sp³-hybridized carbons (Fsp3) is 0.200. The van der Waals surface area contributed by atoms with Crippen molar-refractivity contribution in [2.24, 2.45) is 7.05 Å². The minimum absolute atomic E-state index is 0.860. The van der Waals surface area contributed by atoms with Crippen molar-refractivity contribution in [3.63, 3.8) is 0 Å². The van der Waals surface area contributed by atoms with Gasteiger partial charge in [-0.05, 0) is 6.07 Å². The second kappa shape index (κ2) is 3.21. The summed E-state index contributed by atoms with van der Waals surface area (Å²) in [5.41, 5.74) is 5.29. The standard InChI is InChI=1S/C10H12N6/c1-14-6-4-10(12-14)16-8-3-5-11-7-9(8)15(2)13-16/h3-7,13H,1-2H3. The van der Waals surface area contributed by atoms with E-state index < -0.39 is 0 Å². The smallest absolute Gasteiger partial charge is 0.170 e. The fourth-order valence-corrected chi connectivity index (χ4v) is 1.78. The van der Waals surface area contributed by atoms with E-state index in [9.17, 15) is 0 Å². The van der Waals surface area contributed by atoms with Gasteiger partial charge in [-0.1, -0.05) is 0 Å². The Morgan fingerprint density at radius 3 is 2.81 bits per heavy atom. The zero-order chi connectivity index (χ0) is 11.1. The third-order valence-corrected chi connectivity index (χ3v) is 2.56. The highest BCUT2D eigenvalue weighted by Crippen LogP contribution is 2.34. The van der Waals surface area contributed by atoms with Crippen molar-refractivity contribution >= 4 is 17.2 Å². The molecule has 0 atom stereocenters. The molecule has 0 aromatic carbocycles. The van der Waals surface area contributed by atoms with Crippen LogP contribution in [0.5, 0.6) is 0 Å². The van der Waals surface area contributed by atoms with Crippen LogP contribution in [0, 0.1) is 0 Å². The molecule has 0 amide bonds. The van der Waals surface area contributed by atoms with Gasteiger partial charge in [-0.15, -0.1) is 5.53 Å². The number of rotatable bonds is 1. The Kier molecular flexibility index (Phi) is 1.84. The van der Waals surface area contributed by atoms with Crippen LogP contribution in [0.15, 0.2) is 30.7 Å². The van der Waals surface area contributed by atoms with Crippen molar-refractivity contribution in [3.8, 4) is 0 Å². The molecule has 0 spiro atoms. The summed E-state index contributed by atoms with van der Waals surface area (Å²) >= 11 is 0. The van der Waals surface area contributed by atoms with Gasteiger partial charge in [0, 0.05) is 32.6 Å². The Balaban J connectivity index is 2.06. The average molecular weight is 216 g/mol. The fourth-order valence-electron chi connectivity index (χ4n) is 1.78. The summed E-state index contributed by atoms with van der Waals surface area (Å²) in [4.78, 5) is 4.11. The molecular weight excluding hydrogens is 204 g/mol. The van der Waals surface area contributed by atoms with Crippen molar-refractivity contribution in [3.05, 3.63) is 30.7 Å². The predicted octanol–water partition coefficient (Wildman–Crippen LogP) is 0.823. The Morgan fingerprint density at radius 1 is 1.19 bits per heavy atom. The molecular formula is C10H12N6. The first-order valence-corrected chi connectivity index (χ1v) is 4.99. The first-order chi connectivity index (χ1) is 7.75. The Morgan fingerprint density at radius 2 is 2.06 bits per heavy atom. The molecule has 2 aromatic rings. The summed E-state index contributed by atoms with van der Waals surface area (Å²) in [6.45, 7) is 0. The molecule has 3 rings (SSSR count). The molecule has 1 N–H and O–H groups in total. The van der Waals surface area contributed by atoms with Crippen LogP contribution in [-0.4, -0.2) is 21.8 Å². The lowest BCUT2D eigenvalue weighted by atomic mass is 10.3. The van der Waals surface area contributed by atoms with Crippen LogP contribution in [0.4, 0.5) is 17.2 Å². The number of anilines is 3. The monoisotopic (exact) mass is 216 g/mol. The summed E-state index contributed by atoms with van der Waals surface area (Å²) in [5, 5.41) is 8.20. The van der Waals surface area contributed by atoms with Crippen LogP contribution in [0.25, 0.3) is 0 Å². The zero-order valence-electron chi connectivity index (χ0n) is 9.12. The average Bonchev–Trinajstić information content (AvgIpc) is 2.84. The number of hydrogen-bond acceptors (Lipinski definition) is 5. The first kappa shape index (κ1) is 9.17. The largest absolute Gasteiger partial charge is 0.290 e. The molecule has 1 aliphatic heterocycles. The Bertz CT molecular complexity index is 520. The van der Waals surface area contributed by atoms with Crippen LogP contribution in [0.2, 0.25) is 0 Å². The third-order valence-electron chi connectivity index (χ3n) is 2.56. The molecule has 0 aliphatic carbocycles. The second-order valence-corrected chi connectivity index (χ2v) is 3.71. The molecule has 6 heteroatoms. The Labute approximate surface area is 93.0 Å². The second-order valence-electron chi connectivity index (χ2n) is 3.71. The van der Waals surface area contributed by atoms with Gasteiger partial charge in [0.05, 0.1) is 17.6 Å². The molecule has 0 fully saturated rings. The van der Waals surface area contributed by atoms with E-state index in [0.717, 1.165) is 17.2 Å². The molecule has 6 nitrogen and oxygen atoms in total. The number of aromatic nitrogens is 3. The van der Waals surface area contributed by atoms with Crippen molar-refractivity contribution in [2.75, 3.05) is 17.1 Å². The summed E-state index contributed by atoms with van der Waals surface area (Å²) in [5.74, 6) is 0.860. The quantitative estimate of drug-likeness (QED) is 0.765. The Hall–Kier alpha value is -2.08. The highest BCUT2D eigenvalue weighted by molar-refractivity contribution is 5.77. The van der Waals surface area contributed by atoms with Gasteiger partial charge in [-0.3, -0.25) is 14.7 Å². The van der Waals surface area contributed by atoms with Gasteiger partial charge < -0.3 is 0 Å². The van der Waals surface area contributed by atoms with Gasteiger partial charge in [-0.2, -0.15) is 5.10 Å². The van der Waals surface area contributed by atoms with Gasteiger partial charge in [0.2, 0.25) is 0 Å². The van der Waals surface area contributed by atoms with Gasteiger partial charge >= 0.3 is 0 Å². The van der Waals surface area contributed by atoms with Gasteiger partial charge in [0.1, 0.15) is 0 Å². The molecule has 0 saturated carbocycles. The number of nitrogens with one attached hydrogen (secondary N) is 1. The van der Waals surface area contributed by atoms with E-state index >= 15 is 0 Å². The highest BCUT2D eigenvalue weighted by Gasteiger charge is 2.25. The third kappa shape index (κ3) is 1.24. The molecule has 0 unspecified atom stereocenters. The lowest BCUT2D eigenvalue weighted by molar-refractivity contribution is 0.704. The van der Waals surface area contributed by atoms with Gasteiger partial charge in [0.25, 0.3) is 0 Å². The van der Waals surface area contributed by atoms with Gasteiger partial charge in [0.15, 0.2) is 5.82 Å². The number of hydrazine groups is 2. The van der Waals surface area contributed by atoms with Crippen LogP contribution >= 0.6 is 0 Å². The van der Waals surface area contributed by atoms with Crippen LogP contribution in [0.1, 0.15) is 0 Å². The van der Waals surface area contributed by atoms with Crippen LogP contribution < -0.4 is 15.6 Å². The summed E-state index contributed by atoms with van der Waals surface area (Å²) in [6.07, 6.45) is 5.51. The summed E-state index contributed by atoms with van der Waals surface area (Å²) < 4.78 is 1.77. The van der Waals surface area contributed by atoms with Crippen LogP contribution in [0.3, 0.4) is 0 Å². The summed E-state index contributed by atoms with van der Waals surface area (Å²) in [7, 11) is 3.85. The molecule has 0 bridgehead atoms. The maximum Gasteiger partial charge on any atom is 0.170 e. The first-order valence-electron chi connectivity index (χ1n) is 4.99. The van der Waals surface area contributed by atoms with Crippen LogP contribution in [-0.2, 0) is 7.05 Å². The number of hydrogen-bond donors (Lipinski definition) is 1. The zero-order valence-corrected chi connectivity index (χ0v) is 9.12. The maximum atomic E-state index is 4.36. The van der Waals surface area contributed by atoms with E-state index in [-0.39, 0.29) is 0 Å². The number of aryl methyl sites for hydroxylation is 1. The van der Waals surface area contributed by atoms with E-state index in [2.05, 4.69) is 15.6 Å². The van der Waals surface area contributed by atoms with E-state index in [1.807, 2.05) is 48.6 Å². The lowest BCUT2D eigenvalue weighted by Crippen LogP contribution is -2.39. The highest BCUT2D eigenvalue weighted by atomic mass is 15.8. The molecule has 82 valence electrons. The minimum atomic E-state index is 0.860. The number of pyridine rings is 1. The summed E-state index contributed by atoms with van der Waals surface area (Å²) in [6, 6.07) is 3.91. The number of nitrogens with zero attached hydrogens (tertiary/aromatic N) is 5. The topological polar surface area (TPSA) is 49.2 Å². The van der Waals surface area contributed by atoms with Crippen molar-refractivity contribution < 1.29 is 0 Å². The van der Waals surface area contributed by atoms with Gasteiger partial charge in [-0.25, -0.2) is 5.01 Å². The van der Waals surface area contributed by atoms with E-state index in [1.165, 1.54) is 0 Å². The van der Waals surface area contributed by atoms with Crippen molar-refractivity contribution in [1.82, 2.24) is 20.3 Å².